The van der Waals surface area contributed by atoms with Crippen LogP contribution in [0.4, 0.5) is 18.9 Å². The van der Waals surface area contributed by atoms with Crippen LogP contribution in [-0.2, 0) is 11.5 Å². The molecule has 1 rings (SSSR count). The van der Waals surface area contributed by atoms with Gasteiger partial charge in [0.1, 0.15) is 0 Å². The minimum atomic E-state index is -4.39. The minimum Gasteiger partial charge on any atom is -0.238 e. The molecule has 0 aliphatic heterocycles. The molecule has 0 aliphatic rings. The average Bonchev–Trinajstić information content (AvgIpc) is 2.15. The van der Waals surface area contributed by atoms with Crippen LogP contribution in [0.1, 0.15) is 11.1 Å². The maximum absolute atomic E-state index is 12.3. The van der Waals surface area contributed by atoms with Gasteiger partial charge in [0, 0.05) is 10.9 Å². The number of halogens is 4. The van der Waals surface area contributed by atoms with E-state index in [2.05, 4.69) is 20.8 Å². The largest absolute Gasteiger partial charge is 0.415 e. The predicted octanol–water partition coefficient (Wildman–Crippen LogP) is 4.15. The lowest BCUT2D eigenvalue weighted by atomic mass is 10.1. The molecule has 1 aromatic rings. The van der Waals surface area contributed by atoms with Crippen LogP contribution in [0.3, 0.4) is 0 Å². The van der Waals surface area contributed by atoms with Gasteiger partial charge in [0.2, 0.25) is 0 Å². The van der Waals surface area contributed by atoms with Crippen LogP contribution >= 0.6 is 15.9 Å². The quantitative estimate of drug-likeness (QED) is 0.530. The third-order valence-electron chi connectivity index (χ3n) is 1.59. The highest BCUT2D eigenvalue weighted by Gasteiger charge is 2.30. The van der Waals surface area contributed by atoms with Crippen LogP contribution < -0.4 is 0 Å². The number of rotatable bonds is 1. The van der Waals surface area contributed by atoms with Crippen LogP contribution in [0.5, 0.6) is 0 Å². The van der Waals surface area contributed by atoms with Gasteiger partial charge in [-0.3, -0.25) is 0 Å². The van der Waals surface area contributed by atoms with Gasteiger partial charge in [0.25, 0.3) is 0 Å². The van der Waals surface area contributed by atoms with E-state index in [0.29, 0.717) is 10.9 Å². The smallest absolute Gasteiger partial charge is 0.238 e. The molecule has 1 nitrogen and oxygen atoms in total. The SMILES string of the molecule is [C-]#[N+]c1cc(CBr)cc(C(F)(F)F)c1. The highest BCUT2D eigenvalue weighted by Crippen LogP contribution is 2.33. The molecule has 74 valence electrons. The summed E-state index contributed by atoms with van der Waals surface area (Å²) in [6.45, 7) is 6.66. The van der Waals surface area contributed by atoms with E-state index in [4.69, 9.17) is 6.57 Å². The Labute approximate surface area is 87.5 Å². The first-order chi connectivity index (χ1) is 6.47. The minimum absolute atomic E-state index is 0.00859. The van der Waals surface area contributed by atoms with E-state index >= 15 is 0 Å². The maximum Gasteiger partial charge on any atom is 0.415 e. The zero-order valence-corrected chi connectivity index (χ0v) is 8.48. The van der Waals surface area contributed by atoms with E-state index < -0.39 is 11.7 Å². The molecule has 0 N–H and O–H groups in total. The summed E-state index contributed by atoms with van der Waals surface area (Å²) in [6.07, 6.45) is -4.39. The van der Waals surface area contributed by atoms with Gasteiger partial charge in [0.15, 0.2) is 5.69 Å². The van der Waals surface area contributed by atoms with E-state index in [1.54, 1.807) is 0 Å². The second-order valence-electron chi connectivity index (χ2n) is 2.63. The van der Waals surface area contributed by atoms with Crippen LogP contribution in [0.2, 0.25) is 0 Å². The highest BCUT2D eigenvalue weighted by molar-refractivity contribution is 9.08. The van der Waals surface area contributed by atoms with Gasteiger partial charge in [-0.05, 0) is 17.7 Å². The molecule has 0 amide bonds. The van der Waals surface area contributed by atoms with Crippen molar-refractivity contribution in [3.8, 4) is 0 Å². The summed E-state index contributed by atoms with van der Waals surface area (Å²) in [6, 6.07) is 3.31. The molecule has 0 spiro atoms. The Kier molecular flexibility index (Phi) is 3.17. The second-order valence-corrected chi connectivity index (χ2v) is 3.19. The lowest BCUT2D eigenvalue weighted by molar-refractivity contribution is -0.137. The molecule has 0 radical (unpaired) electrons. The molecule has 1 aromatic carbocycles. The van der Waals surface area contributed by atoms with Crippen molar-refractivity contribution in [3.05, 3.63) is 40.7 Å². The Hall–Kier alpha value is -1.02. The van der Waals surface area contributed by atoms with Crippen molar-refractivity contribution in [2.45, 2.75) is 11.5 Å². The lowest BCUT2D eigenvalue weighted by Crippen LogP contribution is -2.04. The summed E-state index contributed by atoms with van der Waals surface area (Å²) in [4.78, 5) is 2.98. The zero-order valence-electron chi connectivity index (χ0n) is 6.90. The van der Waals surface area contributed by atoms with Crippen molar-refractivity contribution in [2.24, 2.45) is 0 Å². The third kappa shape index (κ3) is 2.48. The Balaban J connectivity index is 3.26. The summed E-state index contributed by atoms with van der Waals surface area (Å²) in [5.41, 5.74) is -0.319. The van der Waals surface area contributed by atoms with Gasteiger partial charge in [-0.25, -0.2) is 4.85 Å². The molecule has 0 saturated heterocycles. The average molecular weight is 264 g/mol. The Morgan fingerprint density at radius 1 is 1.29 bits per heavy atom. The van der Waals surface area contributed by atoms with E-state index in [1.807, 2.05) is 0 Å². The fraction of sp³-hybridized carbons (Fsp3) is 0.222. The number of nitrogens with zero attached hydrogens (tertiary/aromatic N) is 1. The molecule has 0 saturated carbocycles. The molecule has 0 bridgehead atoms. The van der Waals surface area contributed by atoms with Crippen molar-refractivity contribution in [3.63, 3.8) is 0 Å². The van der Waals surface area contributed by atoms with E-state index in [9.17, 15) is 13.2 Å². The first kappa shape index (κ1) is 11.1. The normalized spacial score (nSPS) is 11.1. The number of benzene rings is 1. The van der Waals surface area contributed by atoms with Crippen molar-refractivity contribution in [2.75, 3.05) is 0 Å². The first-order valence-corrected chi connectivity index (χ1v) is 4.74. The van der Waals surface area contributed by atoms with Gasteiger partial charge in [-0.15, -0.1) is 0 Å². The van der Waals surface area contributed by atoms with Crippen LogP contribution in [0.25, 0.3) is 4.85 Å². The van der Waals surface area contributed by atoms with Crippen molar-refractivity contribution in [1.82, 2.24) is 0 Å². The predicted molar refractivity (Wildman–Crippen MR) is 50.3 cm³/mol. The fourth-order valence-electron chi connectivity index (χ4n) is 0.979. The van der Waals surface area contributed by atoms with Gasteiger partial charge in [-0.1, -0.05) is 22.0 Å². The van der Waals surface area contributed by atoms with E-state index in [-0.39, 0.29) is 5.69 Å². The summed E-state index contributed by atoms with van der Waals surface area (Å²) in [5.74, 6) is 0. The summed E-state index contributed by atoms with van der Waals surface area (Å²) >= 11 is 3.05. The lowest BCUT2D eigenvalue weighted by Gasteiger charge is -2.08. The molecule has 0 atom stereocenters. The van der Waals surface area contributed by atoms with Gasteiger partial charge < -0.3 is 0 Å². The Morgan fingerprint density at radius 2 is 1.93 bits per heavy atom. The second kappa shape index (κ2) is 4.01. The highest BCUT2D eigenvalue weighted by atomic mass is 79.9. The van der Waals surface area contributed by atoms with E-state index in [1.165, 1.54) is 6.07 Å². The number of alkyl halides is 4. The van der Waals surface area contributed by atoms with Crippen molar-refractivity contribution < 1.29 is 13.2 Å². The molecular formula is C9H5BrF3N. The van der Waals surface area contributed by atoms with Crippen LogP contribution in [0.15, 0.2) is 18.2 Å². The van der Waals surface area contributed by atoms with Gasteiger partial charge in [0.05, 0.1) is 6.57 Å². The van der Waals surface area contributed by atoms with Crippen molar-refractivity contribution in [1.29, 1.82) is 0 Å². The molecule has 5 heteroatoms. The van der Waals surface area contributed by atoms with Gasteiger partial charge in [-0.2, -0.15) is 13.2 Å². The fourth-order valence-corrected chi connectivity index (χ4v) is 1.30. The first-order valence-electron chi connectivity index (χ1n) is 3.62. The molecule has 0 heterocycles. The summed E-state index contributed by atoms with van der Waals surface area (Å²) in [5, 5.41) is 0.305. The van der Waals surface area contributed by atoms with Crippen molar-refractivity contribution >= 4 is 21.6 Å². The molecule has 14 heavy (non-hydrogen) atoms. The number of hydrogen-bond donors (Lipinski definition) is 0. The maximum atomic E-state index is 12.3. The van der Waals surface area contributed by atoms with Crippen LogP contribution in [0, 0.1) is 6.57 Å². The molecule has 0 aliphatic carbocycles. The topological polar surface area (TPSA) is 4.36 Å². The molecular weight excluding hydrogens is 259 g/mol. The monoisotopic (exact) mass is 263 g/mol. The van der Waals surface area contributed by atoms with E-state index in [0.717, 1.165) is 12.1 Å². The number of hydrogen-bond acceptors (Lipinski definition) is 0. The van der Waals surface area contributed by atoms with Gasteiger partial charge >= 0.3 is 6.18 Å². The van der Waals surface area contributed by atoms with Crippen LogP contribution in [-0.4, -0.2) is 0 Å². The summed E-state index contributed by atoms with van der Waals surface area (Å²) < 4.78 is 36.9. The Bertz CT molecular complexity index is 379. The summed E-state index contributed by atoms with van der Waals surface area (Å²) in [7, 11) is 0. The molecule has 0 unspecified atom stereocenters. The Morgan fingerprint density at radius 3 is 2.36 bits per heavy atom. The molecule has 0 aromatic heterocycles. The molecule has 0 fully saturated rings. The third-order valence-corrected chi connectivity index (χ3v) is 2.24. The standard InChI is InChI=1S/C9H5BrF3N/c1-14-8-3-6(5-10)2-7(4-8)9(11,12)13/h2-4H,5H2. The zero-order chi connectivity index (χ0) is 10.8.